The zero-order chi connectivity index (χ0) is 23.1. The molecule has 2 aromatic carbocycles. The van der Waals surface area contributed by atoms with Gasteiger partial charge in [-0.3, -0.25) is 9.52 Å². The Bertz CT molecular complexity index is 900. The number of nitrogens with zero attached hydrogens (tertiary/aromatic N) is 1. The minimum Gasteiger partial charge on any atom is -0.378 e. The standard InChI is InChI=1S/C20H21ClF2N2OS.C4H8O/c1-2-27-24-20-17(22)11-25(12-26)18(20)10-14-6-4-8-16(19(14)23)13-5-3-7-15(21)9-13;1-4-2-3-5-4/h3-9,12,17-18,20,24H,2,10-11H2,1H3;4H,2-3H2,1H3. The molecule has 1 amide bonds. The zero-order valence-corrected chi connectivity index (χ0v) is 19.8. The first-order chi connectivity index (χ1) is 15.4. The highest BCUT2D eigenvalue weighted by Gasteiger charge is 2.41. The average Bonchev–Trinajstić information content (AvgIpc) is 3.07. The third-order valence-electron chi connectivity index (χ3n) is 5.68. The van der Waals surface area contributed by atoms with Gasteiger partial charge in [0.15, 0.2) is 0 Å². The summed E-state index contributed by atoms with van der Waals surface area (Å²) in [6.45, 7) is 5.05. The Balaban J connectivity index is 0.000000509. The Morgan fingerprint density at radius 2 is 2.03 bits per heavy atom. The topological polar surface area (TPSA) is 41.6 Å². The zero-order valence-electron chi connectivity index (χ0n) is 18.3. The first-order valence-corrected chi connectivity index (χ1v) is 12.2. The maximum absolute atomic E-state index is 15.2. The van der Waals surface area contributed by atoms with E-state index >= 15 is 4.39 Å². The molecule has 0 saturated carbocycles. The van der Waals surface area contributed by atoms with Gasteiger partial charge in [0.1, 0.15) is 12.0 Å². The Hall–Kier alpha value is -1.67. The van der Waals surface area contributed by atoms with Crippen LogP contribution >= 0.6 is 23.5 Å². The number of alkyl halides is 1. The minimum absolute atomic E-state index is 0.0196. The van der Waals surface area contributed by atoms with Gasteiger partial charge in [0.2, 0.25) is 6.41 Å². The van der Waals surface area contributed by atoms with Crippen LogP contribution in [0.25, 0.3) is 11.1 Å². The van der Waals surface area contributed by atoms with E-state index in [1.165, 1.54) is 23.3 Å². The van der Waals surface area contributed by atoms with Gasteiger partial charge < -0.3 is 9.64 Å². The van der Waals surface area contributed by atoms with Gasteiger partial charge in [-0.2, -0.15) is 0 Å². The molecule has 32 heavy (non-hydrogen) atoms. The normalized spacial score (nSPS) is 24.5. The second kappa shape index (κ2) is 12.0. The second-order valence-corrected chi connectivity index (χ2v) is 9.46. The van der Waals surface area contributed by atoms with Crippen molar-refractivity contribution in [1.29, 1.82) is 0 Å². The number of carbonyl (C=O) groups is 1. The number of nitrogens with one attached hydrogen (secondary N) is 1. The van der Waals surface area contributed by atoms with E-state index < -0.39 is 18.3 Å². The number of hydrogen-bond donors (Lipinski definition) is 1. The summed E-state index contributed by atoms with van der Waals surface area (Å²) in [7, 11) is 0. The van der Waals surface area contributed by atoms with Crippen molar-refractivity contribution in [3.05, 3.63) is 58.9 Å². The highest BCUT2D eigenvalue weighted by Crippen LogP contribution is 2.30. The van der Waals surface area contributed by atoms with Crippen LogP contribution in [0.4, 0.5) is 8.78 Å². The van der Waals surface area contributed by atoms with Gasteiger partial charge in [0.25, 0.3) is 0 Å². The number of rotatable bonds is 7. The van der Waals surface area contributed by atoms with Crippen molar-refractivity contribution in [1.82, 2.24) is 9.62 Å². The Morgan fingerprint density at radius 3 is 2.62 bits per heavy atom. The molecular weight excluding hydrogens is 454 g/mol. The minimum atomic E-state index is -1.18. The summed E-state index contributed by atoms with van der Waals surface area (Å²) < 4.78 is 37.6. The van der Waals surface area contributed by atoms with E-state index in [-0.39, 0.29) is 18.8 Å². The third kappa shape index (κ3) is 6.22. The van der Waals surface area contributed by atoms with Crippen LogP contribution in [0.15, 0.2) is 42.5 Å². The monoisotopic (exact) mass is 482 g/mol. The molecule has 1 N–H and O–H groups in total. The summed E-state index contributed by atoms with van der Waals surface area (Å²) in [5.41, 5.74) is 1.57. The number of ether oxygens (including phenoxy) is 1. The molecule has 8 heteroatoms. The molecule has 0 spiro atoms. The summed E-state index contributed by atoms with van der Waals surface area (Å²) in [6.07, 6.45) is 1.53. The Labute approximate surface area is 197 Å². The van der Waals surface area contributed by atoms with Crippen molar-refractivity contribution >= 4 is 30.0 Å². The van der Waals surface area contributed by atoms with Gasteiger partial charge in [0, 0.05) is 22.9 Å². The van der Waals surface area contributed by atoms with E-state index in [4.69, 9.17) is 16.3 Å². The number of amides is 1. The molecular formula is C24H29ClF2N2O2S. The molecule has 4 atom stereocenters. The van der Waals surface area contributed by atoms with Gasteiger partial charge in [-0.05, 0) is 43.0 Å². The van der Waals surface area contributed by atoms with E-state index in [1.54, 1.807) is 42.5 Å². The second-order valence-electron chi connectivity index (χ2n) is 7.93. The summed E-state index contributed by atoms with van der Waals surface area (Å²) >= 11 is 7.43. The fraction of sp³-hybridized carbons (Fsp3) is 0.458. The number of halogens is 3. The molecule has 4 rings (SSSR count). The van der Waals surface area contributed by atoms with Crippen LogP contribution in [0, 0.1) is 5.82 Å². The summed E-state index contributed by atoms with van der Waals surface area (Å²) in [5, 5.41) is 0.529. The fourth-order valence-electron chi connectivity index (χ4n) is 3.79. The van der Waals surface area contributed by atoms with Crippen LogP contribution in [-0.2, 0) is 16.0 Å². The van der Waals surface area contributed by atoms with Crippen LogP contribution in [0.5, 0.6) is 0 Å². The molecule has 4 unspecified atom stereocenters. The average molecular weight is 483 g/mol. The maximum Gasteiger partial charge on any atom is 0.210 e. The molecule has 2 saturated heterocycles. The van der Waals surface area contributed by atoms with Crippen LogP contribution in [0.3, 0.4) is 0 Å². The largest absolute Gasteiger partial charge is 0.378 e. The molecule has 0 bridgehead atoms. The lowest BCUT2D eigenvalue weighted by atomic mass is 9.96. The number of benzene rings is 2. The van der Waals surface area contributed by atoms with E-state index in [2.05, 4.69) is 11.6 Å². The lowest BCUT2D eigenvalue weighted by Gasteiger charge is -2.26. The number of hydrogen-bond acceptors (Lipinski definition) is 4. The quantitative estimate of drug-likeness (QED) is 0.430. The maximum atomic E-state index is 15.2. The molecule has 2 fully saturated rings. The smallest absolute Gasteiger partial charge is 0.210 e. The van der Waals surface area contributed by atoms with Gasteiger partial charge >= 0.3 is 0 Å². The summed E-state index contributed by atoms with van der Waals surface area (Å²) in [4.78, 5) is 12.8. The molecule has 2 aliphatic heterocycles. The van der Waals surface area contributed by atoms with Crippen LogP contribution in [0.2, 0.25) is 5.02 Å². The molecule has 2 heterocycles. The third-order valence-corrected chi connectivity index (χ3v) is 6.65. The number of carbonyl (C=O) groups excluding carboxylic acids is 1. The van der Waals surface area contributed by atoms with Crippen LogP contribution in [0.1, 0.15) is 25.8 Å². The van der Waals surface area contributed by atoms with Crippen molar-refractivity contribution in [3.8, 4) is 11.1 Å². The molecule has 2 aromatic rings. The first kappa shape index (κ1) is 25.0. The van der Waals surface area contributed by atoms with Crippen molar-refractivity contribution in [2.75, 3.05) is 18.9 Å². The van der Waals surface area contributed by atoms with Crippen molar-refractivity contribution in [2.45, 2.75) is 51.0 Å². The molecule has 2 aliphatic rings. The van der Waals surface area contributed by atoms with Crippen molar-refractivity contribution < 1.29 is 18.3 Å². The highest BCUT2D eigenvalue weighted by atomic mass is 35.5. The van der Waals surface area contributed by atoms with E-state index in [1.807, 2.05) is 6.92 Å². The van der Waals surface area contributed by atoms with Crippen molar-refractivity contribution in [2.24, 2.45) is 0 Å². The van der Waals surface area contributed by atoms with Crippen molar-refractivity contribution in [3.63, 3.8) is 0 Å². The van der Waals surface area contributed by atoms with E-state index in [9.17, 15) is 9.18 Å². The summed E-state index contributed by atoms with van der Waals surface area (Å²) in [6, 6.07) is 11.2. The molecule has 0 aromatic heterocycles. The van der Waals surface area contributed by atoms with Crippen LogP contribution < -0.4 is 4.72 Å². The molecule has 0 radical (unpaired) electrons. The predicted octanol–water partition coefficient (Wildman–Crippen LogP) is 5.29. The van der Waals surface area contributed by atoms with Crippen LogP contribution in [-0.4, -0.2) is 54.6 Å². The molecule has 174 valence electrons. The van der Waals surface area contributed by atoms with Gasteiger partial charge in [-0.1, -0.05) is 60.8 Å². The Kier molecular flexibility index (Phi) is 9.34. The Morgan fingerprint density at radius 1 is 1.31 bits per heavy atom. The lowest BCUT2D eigenvalue weighted by molar-refractivity contribution is -0.119. The van der Waals surface area contributed by atoms with Gasteiger partial charge in [-0.15, -0.1) is 0 Å². The predicted molar refractivity (Wildman–Crippen MR) is 127 cm³/mol. The van der Waals surface area contributed by atoms with Gasteiger partial charge in [-0.25, -0.2) is 8.78 Å². The molecule has 4 nitrogen and oxygen atoms in total. The van der Waals surface area contributed by atoms with E-state index in [0.717, 1.165) is 12.4 Å². The lowest BCUT2D eigenvalue weighted by Crippen LogP contribution is -2.43. The van der Waals surface area contributed by atoms with Gasteiger partial charge in [0.05, 0.1) is 24.7 Å². The summed E-state index contributed by atoms with van der Waals surface area (Å²) in [5.74, 6) is 0.408. The first-order valence-electron chi connectivity index (χ1n) is 10.8. The number of likely N-dealkylation sites (tertiary alicyclic amines) is 1. The molecule has 0 aliphatic carbocycles. The fourth-order valence-corrected chi connectivity index (χ4v) is 4.64. The highest BCUT2D eigenvalue weighted by molar-refractivity contribution is 7.97. The SMILES string of the molecule is CC1CCO1.CCSNC1C(F)CN(C=O)C1Cc1cccc(-c2cccc(Cl)c2)c1F. The van der Waals surface area contributed by atoms with E-state index in [0.29, 0.717) is 34.2 Å².